The van der Waals surface area contributed by atoms with Crippen LogP contribution in [0.1, 0.15) is 19.3 Å². The predicted octanol–water partition coefficient (Wildman–Crippen LogP) is 0.970. The molecule has 1 N–H and O–H groups in total. The molecule has 0 aliphatic carbocycles. The lowest BCUT2D eigenvalue weighted by molar-refractivity contribution is -0.127. The largest absolute Gasteiger partial charge is 0.396 e. The third kappa shape index (κ3) is 3.50. The summed E-state index contributed by atoms with van der Waals surface area (Å²) in [5, 5.41) is 8.93. The summed E-state index contributed by atoms with van der Waals surface area (Å²) in [5.41, 5.74) is 0. The number of rotatable bonds is 6. The third-order valence-electron chi connectivity index (χ3n) is 2.58. The highest BCUT2D eigenvalue weighted by atomic mass is 32.2. The summed E-state index contributed by atoms with van der Waals surface area (Å²) in [5.74, 6) is 1.57. The summed E-state index contributed by atoms with van der Waals surface area (Å²) in [6, 6.07) is 0. The van der Waals surface area contributed by atoms with Gasteiger partial charge in [-0.05, 0) is 24.9 Å². The normalized spacial score (nSPS) is 22.0. The Bertz CT molecular complexity index is 187. The van der Waals surface area contributed by atoms with Crippen molar-refractivity contribution in [2.75, 3.05) is 31.7 Å². The van der Waals surface area contributed by atoms with Crippen LogP contribution in [0.15, 0.2) is 0 Å². The molecule has 0 saturated carbocycles. The monoisotopic (exact) mass is 217 g/mol. The van der Waals surface area contributed by atoms with Gasteiger partial charge in [0.25, 0.3) is 0 Å². The van der Waals surface area contributed by atoms with Crippen molar-refractivity contribution < 1.29 is 9.90 Å². The van der Waals surface area contributed by atoms with Crippen molar-refractivity contribution in [3.8, 4) is 0 Å². The average Bonchev–Trinajstić information content (AvgIpc) is 2.54. The number of unbranched alkanes of at least 4 members (excludes halogenated alkanes) is 1. The van der Waals surface area contributed by atoms with Crippen LogP contribution in [0.25, 0.3) is 0 Å². The fraction of sp³-hybridized carbons (Fsp3) is 0.900. The molecule has 4 heteroatoms. The van der Waals surface area contributed by atoms with Crippen molar-refractivity contribution in [1.29, 1.82) is 0 Å². The molecule has 1 rings (SSSR count). The Morgan fingerprint density at radius 1 is 1.57 bits per heavy atom. The lowest BCUT2D eigenvalue weighted by atomic mass is 10.1. The zero-order valence-corrected chi connectivity index (χ0v) is 9.55. The van der Waals surface area contributed by atoms with E-state index in [9.17, 15) is 4.79 Å². The molecule has 0 aromatic heterocycles. The van der Waals surface area contributed by atoms with Crippen LogP contribution in [-0.4, -0.2) is 47.6 Å². The number of nitrogens with zero attached hydrogens (tertiary/aromatic N) is 1. The molecule has 1 heterocycles. The molecule has 0 aromatic rings. The molecule has 82 valence electrons. The van der Waals surface area contributed by atoms with E-state index in [0.717, 1.165) is 19.5 Å². The topological polar surface area (TPSA) is 40.5 Å². The number of hydrogen-bond acceptors (Lipinski definition) is 3. The fourth-order valence-corrected chi connectivity index (χ4v) is 2.23. The first kappa shape index (κ1) is 11.9. The number of hydrogen-bond donors (Lipinski definition) is 1. The Morgan fingerprint density at radius 2 is 2.36 bits per heavy atom. The van der Waals surface area contributed by atoms with Gasteiger partial charge in [-0.2, -0.15) is 11.8 Å². The zero-order valence-electron chi connectivity index (χ0n) is 8.74. The fourth-order valence-electron chi connectivity index (χ4n) is 1.74. The summed E-state index contributed by atoms with van der Waals surface area (Å²) >= 11 is 1.85. The van der Waals surface area contributed by atoms with Gasteiger partial charge in [-0.25, -0.2) is 0 Å². The number of carbonyl (C=O) groups excluding carboxylic acids is 1. The third-order valence-corrected chi connectivity index (χ3v) is 3.28. The van der Waals surface area contributed by atoms with E-state index in [4.69, 9.17) is 5.11 Å². The smallest absolute Gasteiger partial charge is 0.223 e. The summed E-state index contributed by atoms with van der Waals surface area (Å²) in [4.78, 5) is 13.3. The molecule has 14 heavy (non-hydrogen) atoms. The maximum Gasteiger partial charge on any atom is 0.223 e. The standard InChI is InChI=1S/C10H19NO2S/c1-14-5-3-2-4-11-7-9(8-12)6-10(11)13/h9,12H,2-8H2,1H3. The molecule has 0 bridgehead atoms. The summed E-state index contributed by atoms with van der Waals surface area (Å²) < 4.78 is 0. The highest BCUT2D eigenvalue weighted by Gasteiger charge is 2.28. The van der Waals surface area contributed by atoms with Crippen LogP contribution in [0.2, 0.25) is 0 Å². The maximum atomic E-state index is 11.4. The zero-order chi connectivity index (χ0) is 10.4. The highest BCUT2D eigenvalue weighted by molar-refractivity contribution is 7.98. The molecule has 1 fully saturated rings. The number of carbonyl (C=O) groups is 1. The highest BCUT2D eigenvalue weighted by Crippen LogP contribution is 2.17. The van der Waals surface area contributed by atoms with E-state index in [1.807, 2.05) is 16.7 Å². The second-order valence-electron chi connectivity index (χ2n) is 3.79. The molecule has 0 aromatic carbocycles. The van der Waals surface area contributed by atoms with E-state index in [1.165, 1.54) is 12.2 Å². The van der Waals surface area contributed by atoms with E-state index in [0.29, 0.717) is 6.42 Å². The molecule has 0 spiro atoms. The van der Waals surface area contributed by atoms with Gasteiger partial charge in [0, 0.05) is 32.0 Å². The van der Waals surface area contributed by atoms with Crippen molar-refractivity contribution >= 4 is 17.7 Å². The second-order valence-corrected chi connectivity index (χ2v) is 4.78. The Morgan fingerprint density at radius 3 is 2.93 bits per heavy atom. The number of aliphatic hydroxyl groups is 1. The second kappa shape index (κ2) is 6.30. The molecule has 1 amide bonds. The number of likely N-dealkylation sites (tertiary alicyclic amines) is 1. The molecule has 1 saturated heterocycles. The summed E-state index contributed by atoms with van der Waals surface area (Å²) in [6.45, 7) is 1.78. The number of amides is 1. The molecule has 0 radical (unpaired) electrons. The Balaban J connectivity index is 2.15. The molecule has 1 atom stereocenters. The van der Waals surface area contributed by atoms with Crippen LogP contribution >= 0.6 is 11.8 Å². The minimum absolute atomic E-state index is 0.146. The lowest BCUT2D eigenvalue weighted by Gasteiger charge is -2.15. The Labute approximate surface area is 89.9 Å². The number of thioether (sulfide) groups is 1. The minimum atomic E-state index is 0.146. The Hall–Kier alpha value is -0.220. The Kier molecular flexibility index (Phi) is 5.33. The van der Waals surface area contributed by atoms with Crippen LogP contribution in [0.4, 0.5) is 0 Å². The van der Waals surface area contributed by atoms with E-state index >= 15 is 0 Å². The van der Waals surface area contributed by atoms with Crippen molar-refractivity contribution in [3.63, 3.8) is 0 Å². The molecule has 1 aliphatic rings. The molecule has 1 aliphatic heterocycles. The van der Waals surface area contributed by atoms with Gasteiger partial charge < -0.3 is 10.0 Å². The van der Waals surface area contributed by atoms with E-state index in [1.54, 1.807) is 0 Å². The quantitative estimate of drug-likeness (QED) is 0.674. The summed E-state index contributed by atoms with van der Waals surface area (Å²) in [7, 11) is 0. The van der Waals surface area contributed by atoms with Gasteiger partial charge in [-0.3, -0.25) is 4.79 Å². The average molecular weight is 217 g/mol. The van der Waals surface area contributed by atoms with Crippen LogP contribution in [0.5, 0.6) is 0 Å². The van der Waals surface area contributed by atoms with E-state index < -0.39 is 0 Å². The first-order valence-electron chi connectivity index (χ1n) is 5.15. The molecular formula is C10H19NO2S. The van der Waals surface area contributed by atoms with Crippen molar-refractivity contribution in [1.82, 2.24) is 4.90 Å². The predicted molar refractivity (Wildman–Crippen MR) is 59.4 cm³/mol. The maximum absolute atomic E-state index is 11.4. The molecule has 3 nitrogen and oxygen atoms in total. The molecule has 1 unspecified atom stereocenters. The first-order valence-corrected chi connectivity index (χ1v) is 6.55. The van der Waals surface area contributed by atoms with Crippen LogP contribution in [0, 0.1) is 5.92 Å². The summed E-state index contributed by atoms with van der Waals surface area (Å²) in [6.07, 6.45) is 4.90. The van der Waals surface area contributed by atoms with Gasteiger partial charge in [0.05, 0.1) is 0 Å². The SMILES string of the molecule is CSCCCCN1CC(CO)CC1=O. The van der Waals surface area contributed by atoms with Gasteiger partial charge in [0.15, 0.2) is 0 Å². The first-order chi connectivity index (χ1) is 6.77. The van der Waals surface area contributed by atoms with Crippen LogP contribution in [-0.2, 0) is 4.79 Å². The van der Waals surface area contributed by atoms with Gasteiger partial charge in [-0.15, -0.1) is 0 Å². The van der Waals surface area contributed by atoms with Gasteiger partial charge in [0.1, 0.15) is 0 Å². The van der Waals surface area contributed by atoms with Gasteiger partial charge in [0.2, 0.25) is 5.91 Å². The van der Waals surface area contributed by atoms with E-state index in [-0.39, 0.29) is 18.4 Å². The van der Waals surface area contributed by atoms with Crippen molar-refractivity contribution in [2.24, 2.45) is 5.92 Å². The van der Waals surface area contributed by atoms with Gasteiger partial charge >= 0.3 is 0 Å². The van der Waals surface area contributed by atoms with Crippen molar-refractivity contribution in [2.45, 2.75) is 19.3 Å². The van der Waals surface area contributed by atoms with E-state index in [2.05, 4.69) is 6.26 Å². The van der Waals surface area contributed by atoms with Crippen LogP contribution in [0.3, 0.4) is 0 Å². The lowest BCUT2D eigenvalue weighted by Crippen LogP contribution is -2.26. The number of aliphatic hydroxyl groups excluding tert-OH is 1. The minimum Gasteiger partial charge on any atom is -0.396 e. The molecular weight excluding hydrogens is 198 g/mol. The van der Waals surface area contributed by atoms with Gasteiger partial charge in [-0.1, -0.05) is 0 Å². The van der Waals surface area contributed by atoms with Crippen molar-refractivity contribution in [3.05, 3.63) is 0 Å². The van der Waals surface area contributed by atoms with Crippen LogP contribution < -0.4 is 0 Å².